The number of amides is 1. The van der Waals surface area contributed by atoms with Gasteiger partial charge in [0.1, 0.15) is 0 Å². The number of hydrogen-bond acceptors (Lipinski definition) is 6. The number of nitrogens with zero attached hydrogens (tertiary/aromatic N) is 1. The molecular weight excluding hydrogens is 472 g/mol. The first-order chi connectivity index (χ1) is 14.4. The topological polar surface area (TPSA) is 97.2 Å². The molecule has 2 aromatic carbocycles. The van der Waals surface area contributed by atoms with Crippen LogP contribution in [0.25, 0.3) is 6.08 Å². The number of benzene rings is 2. The van der Waals surface area contributed by atoms with Crippen molar-refractivity contribution in [1.82, 2.24) is 5.32 Å². The van der Waals surface area contributed by atoms with Gasteiger partial charge in [-0.15, -0.1) is 0 Å². The molecule has 0 aromatic heterocycles. The molecule has 1 atom stereocenters. The molecule has 7 nitrogen and oxygen atoms in total. The first-order valence-corrected chi connectivity index (χ1v) is 10.7. The highest BCUT2D eigenvalue weighted by atomic mass is 79.9. The maximum atomic E-state index is 12.3. The SMILES string of the molecule is CCOc1cc(/C=C2/SC(=Nc3ccc(Br)cc3)NC2=O)ccc1OC(C)C(=O)O. The zero-order valence-corrected chi connectivity index (χ0v) is 18.6. The molecule has 1 amide bonds. The molecule has 1 fully saturated rings. The van der Waals surface area contributed by atoms with Crippen LogP contribution in [0.15, 0.2) is 56.8 Å². The molecule has 3 rings (SSSR count). The number of aliphatic carboxylic acids is 1. The van der Waals surface area contributed by atoms with E-state index in [0.29, 0.717) is 28.2 Å². The summed E-state index contributed by atoms with van der Waals surface area (Å²) in [6.07, 6.45) is 0.707. The Morgan fingerprint density at radius 3 is 2.67 bits per heavy atom. The Kier molecular flexibility index (Phi) is 7.17. The molecule has 156 valence electrons. The zero-order valence-electron chi connectivity index (χ0n) is 16.2. The van der Waals surface area contributed by atoms with E-state index >= 15 is 0 Å². The molecule has 0 bridgehead atoms. The normalized spacial score (nSPS) is 17.1. The van der Waals surface area contributed by atoms with E-state index in [1.54, 1.807) is 24.3 Å². The summed E-state index contributed by atoms with van der Waals surface area (Å²) in [6.45, 7) is 3.65. The van der Waals surface area contributed by atoms with E-state index in [2.05, 4.69) is 26.2 Å². The summed E-state index contributed by atoms with van der Waals surface area (Å²) < 4.78 is 12.0. The summed E-state index contributed by atoms with van der Waals surface area (Å²) in [5.41, 5.74) is 1.45. The minimum atomic E-state index is -1.07. The van der Waals surface area contributed by atoms with E-state index in [-0.39, 0.29) is 5.91 Å². The second-order valence-corrected chi connectivity index (χ2v) is 8.14. The Morgan fingerprint density at radius 2 is 2.00 bits per heavy atom. The van der Waals surface area contributed by atoms with Crippen LogP contribution in [0.3, 0.4) is 0 Å². The van der Waals surface area contributed by atoms with Gasteiger partial charge in [-0.05, 0) is 73.6 Å². The number of ether oxygens (including phenoxy) is 2. The third-order valence-electron chi connectivity index (χ3n) is 3.93. The van der Waals surface area contributed by atoms with Gasteiger partial charge in [0.15, 0.2) is 22.8 Å². The molecule has 1 unspecified atom stereocenters. The van der Waals surface area contributed by atoms with Crippen LogP contribution in [0.1, 0.15) is 19.4 Å². The minimum absolute atomic E-state index is 0.242. The fraction of sp³-hybridized carbons (Fsp3) is 0.190. The smallest absolute Gasteiger partial charge is 0.344 e. The van der Waals surface area contributed by atoms with Gasteiger partial charge in [-0.1, -0.05) is 22.0 Å². The van der Waals surface area contributed by atoms with Gasteiger partial charge in [0.2, 0.25) is 0 Å². The molecule has 0 aliphatic carbocycles. The fourth-order valence-electron chi connectivity index (χ4n) is 2.49. The van der Waals surface area contributed by atoms with E-state index in [1.165, 1.54) is 18.7 Å². The number of carbonyl (C=O) groups excluding carboxylic acids is 1. The molecule has 1 heterocycles. The predicted octanol–water partition coefficient (Wildman–Crippen LogP) is 4.59. The van der Waals surface area contributed by atoms with Crippen LogP contribution < -0.4 is 14.8 Å². The second kappa shape index (κ2) is 9.82. The summed E-state index contributed by atoms with van der Waals surface area (Å²) in [6, 6.07) is 12.5. The Morgan fingerprint density at radius 1 is 1.27 bits per heavy atom. The van der Waals surface area contributed by atoms with E-state index in [4.69, 9.17) is 14.6 Å². The Hall–Kier alpha value is -2.78. The number of amidine groups is 1. The lowest BCUT2D eigenvalue weighted by Crippen LogP contribution is -2.23. The first-order valence-electron chi connectivity index (χ1n) is 9.07. The van der Waals surface area contributed by atoms with Gasteiger partial charge < -0.3 is 19.9 Å². The fourth-order valence-corrected chi connectivity index (χ4v) is 3.59. The Bertz CT molecular complexity index is 1020. The van der Waals surface area contributed by atoms with Crippen LogP contribution in [-0.4, -0.2) is 34.9 Å². The molecule has 2 N–H and O–H groups in total. The molecule has 9 heteroatoms. The van der Waals surface area contributed by atoms with Crippen LogP contribution in [0.5, 0.6) is 11.5 Å². The standard InChI is InChI=1S/C21H19BrN2O5S/c1-3-28-17-10-13(4-9-16(17)29-12(2)20(26)27)11-18-19(25)24-21(30-18)23-15-7-5-14(22)6-8-15/h4-12H,3H2,1-2H3,(H,26,27)(H,23,24,25)/b18-11+. The van der Waals surface area contributed by atoms with Crippen molar-refractivity contribution in [3.05, 3.63) is 57.4 Å². The lowest BCUT2D eigenvalue weighted by molar-refractivity contribution is -0.144. The molecule has 1 aliphatic heterocycles. The molecule has 2 aromatic rings. The third-order valence-corrected chi connectivity index (χ3v) is 5.36. The number of carbonyl (C=O) groups is 2. The number of halogens is 1. The van der Waals surface area contributed by atoms with Crippen molar-refractivity contribution < 1.29 is 24.2 Å². The number of aliphatic imine (C=N–C) groups is 1. The highest BCUT2D eigenvalue weighted by Crippen LogP contribution is 2.33. The van der Waals surface area contributed by atoms with Crippen LogP contribution in [0.2, 0.25) is 0 Å². The summed E-state index contributed by atoms with van der Waals surface area (Å²) in [5, 5.41) is 12.3. The van der Waals surface area contributed by atoms with E-state index < -0.39 is 12.1 Å². The van der Waals surface area contributed by atoms with E-state index in [1.807, 2.05) is 31.2 Å². The highest BCUT2D eigenvalue weighted by molar-refractivity contribution is 9.10. The molecule has 0 saturated carbocycles. The second-order valence-electron chi connectivity index (χ2n) is 6.20. The first kappa shape index (κ1) is 21.9. The number of carboxylic acids is 1. The number of rotatable bonds is 7. The number of nitrogens with one attached hydrogen (secondary N) is 1. The lowest BCUT2D eigenvalue weighted by atomic mass is 10.2. The van der Waals surface area contributed by atoms with E-state index in [9.17, 15) is 9.59 Å². The number of thioether (sulfide) groups is 1. The van der Waals surface area contributed by atoms with Crippen LogP contribution in [0.4, 0.5) is 5.69 Å². The Balaban J connectivity index is 1.81. The molecule has 1 saturated heterocycles. The number of hydrogen-bond donors (Lipinski definition) is 2. The average Bonchev–Trinajstić information content (AvgIpc) is 3.04. The highest BCUT2D eigenvalue weighted by Gasteiger charge is 2.24. The molecule has 0 radical (unpaired) electrons. The zero-order chi connectivity index (χ0) is 21.7. The van der Waals surface area contributed by atoms with Crippen LogP contribution in [-0.2, 0) is 9.59 Å². The van der Waals surface area contributed by atoms with Gasteiger partial charge in [-0.3, -0.25) is 4.79 Å². The van der Waals surface area contributed by atoms with Crippen molar-refractivity contribution in [3.63, 3.8) is 0 Å². The van der Waals surface area contributed by atoms with Crippen molar-refractivity contribution in [2.75, 3.05) is 6.61 Å². The monoisotopic (exact) mass is 490 g/mol. The lowest BCUT2D eigenvalue weighted by Gasteiger charge is -2.15. The molecular formula is C21H19BrN2O5S. The van der Waals surface area contributed by atoms with Crippen molar-refractivity contribution >= 4 is 56.5 Å². The molecule has 30 heavy (non-hydrogen) atoms. The van der Waals surface area contributed by atoms with Gasteiger partial charge in [0.05, 0.1) is 17.2 Å². The van der Waals surface area contributed by atoms with Gasteiger partial charge in [-0.2, -0.15) is 0 Å². The molecule has 1 aliphatic rings. The van der Waals surface area contributed by atoms with Crippen molar-refractivity contribution in [1.29, 1.82) is 0 Å². The minimum Gasteiger partial charge on any atom is -0.490 e. The predicted molar refractivity (Wildman–Crippen MR) is 120 cm³/mol. The van der Waals surface area contributed by atoms with Crippen LogP contribution >= 0.6 is 27.7 Å². The van der Waals surface area contributed by atoms with Crippen molar-refractivity contribution in [2.24, 2.45) is 4.99 Å². The average molecular weight is 491 g/mol. The summed E-state index contributed by atoms with van der Waals surface area (Å²) in [7, 11) is 0. The largest absolute Gasteiger partial charge is 0.490 e. The summed E-state index contributed by atoms with van der Waals surface area (Å²) in [4.78, 5) is 28.3. The van der Waals surface area contributed by atoms with Gasteiger partial charge in [0, 0.05) is 4.47 Å². The van der Waals surface area contributed by atoms with E-state index in [0.717, 1.165) is 15.7 Å². The number of carboxylic acid groups (broad SMARTS) is 1. The maximum absolute atomic E-state index is 12.3. The van der Waals surface area contributed by atoms with Crippen molar-refractivity contribution in [3.8, 4) is 11.5 Å². The van der Waals surface area contributed by atoms with Crippen LogP contribution in [0, 0.1) is 0 Å². The van der Waals surface area contributed by atoms with Gasteiger partial charge in [0.25, 0.3) is 5.91 Å². The summed E-state index contributed by atoms with van der Waals surface area (Å²) >= 11 is 4.62. The quantitative estimate of drug-likeness (QED) is 0.550. The van der Waals surface area contributed by atoms with Gasteiger partial charge >= 0.3 is 5.97 Å². The molecule has 0 spiro atoms. The van der Waals surface area contributed by atoms with Gasteiger partial charge in [-0.25, -0.2) is 9.79 Å². The van der Waals surface area contributed by atoms with Crippen molar-refractivity contribution in [2.45, 2.75) is 20.0 Å². The third kappa shape index (κ3) is 5.64. The maximum Gasteiger partial charge on any atom is 0.344 e. The Labute approximate surface area is 186 Å². The summed E-state index contributed by atoms with van der Waals surface area (Å²) in [5.74, 6) is -0.573.